The molecule has 5 heteroatoms. The van der Waals surface area contributed by atoms with Crippen molar-refractivity contribution in [2.75, 3.05) is 4.90 Å². The largest absolute Gasteiger partial charge is 0.507 e. The Kier molecular flexibility index (Phi) is 4.72. The molecule has 4 rings (SSSR count). The average molecular weight is 386 g/mol. The Morgan fingerprint density at radius 3 is 2.42 bits per heavy atom. The maximum atomic E-state index is 13.3. The molecule has 26 heavy (non-hydrogen) atoms. The Balaban J connectivity index is 1.77. The van der Waals surface area contributed by atoms with Gasteiger partial charge in [0, 0.05) is 16.3 Å². The van der Waals surface area contributed by atoms with Crippen molar-refractivity contribution in [3.05, 3.63) is 64.0 Å². The first kappa shape index (κ1) is 17.5. The number of rotatable bonds is 2. The van der Waals surface area contributed by atoms with Crippen LogP contribution in [0.5, 0.6) is 5.75 Å². The highest BCUT2D eigenvalue weighted by molar-refractivity contribution is 8.06. The molecule has 134 valence electrons. The van der Waals surface area contributed by atoms with Crippen LogP contribution >= 0.6 is 23.4 Å². The van der Waals surface area contributed by atoms with E-state index in [2.05, 4.69) is 0 Å². The zero-order valence-electron chi connectivity index (χ0n) is 14.3. The Morgan fingerprint density at radius 2 is 1.73 bits per heavy atom. The van der Waals surface area contributed by atoms with Crippen LogP contribution in [0, 0.1) is 0 Å². The van der Waals surface area contributed by atoms with Crippen molar-refractivity contribution in [3.8, 4) is 5.75 Å². The normalized spacial score (nSPS) is 20.9. The van der Waals surface area contributed by atoms with Crippen LogP contribution in [0.2, 0.25) is 5.02 Å². The number of nitrogens with zero attached hydrogens (tertiary/aromatic N) is 1. The summed E-state index contributed by atoms with van der Waals surface area (Å²) in [5, 5.41) is 10.7. The highest BCUT2D eigenvalue weighted by Gasteiger charge is 2.50. The second-order valence-electron chi connectivity index (χ2n) is 6.79. The first-order valence-corrected chi connectivity index (χ1v) is 10.1. The van der Waals surface area contributed by atoms with E-state index in [1.807, 2.05) is 47.4 Å². The van der Waals surface area contributed by atoms with Gasteiger partial charge in [0.1, 0.15) is 5.75 Å². The van der Waals surface area contributed by atoms with Crippen LogP contribution in [0.4, 0.5) is 5.69 Å². The van der Waals surface area contributed by atoms with E-state index in [-0.39, 0.29) is 16.5 Å². The molecule has 1 heterocycles. The third-order valence-electron chi connectivity index (χ3n) is 5.06. The van der Waals surface area contributed by atoms with E-state index in [1.165, 1.54) is 6.42 Å². The highest BCUT2D eigenvalue weighted by Crippen LogP contribution is 2.54. The van der Waals surface area contributed by atoms with Crippen LogP contribution in [0.3, 0.4) is 0 Å². The summed E-state index contributed by atoms with van der Waals surface area (Å²) in [4.78, 5) is 15.7. The maximum absolute atomic E-state index is 13.3. The fourth-order valence-electron chi connectivity index (χ4n) is 3.80. The van der Waals surface area contributed by atoms with Gasteiger partial charge in [-0.1, -0.05) is 60.8 Å². The zero-order chi connectivity index (χ0) is 18.1. The molecule has 0 bridgehead atoms. The van der Waals surface area contributed by atoms with Gasteiger partial charge in [-0.2, -0.15) is 0 Å². The van der Waals surface area contributed by atoms with E-state index in [1.54, 1.807) is 23.9 Å². The first-order chi connectivity index (χ1) is 12.6. The van der Waals surface area contributed by atoms with E-state index in [9.17, 15) is 9.90 Å². The minimum absolute atomic E-state index is 0.00229. The SMILES string of the molecule is O=C1/C(=C\c2ccccc2O)SC2(CCCCC2)N1c1ccc(Cl)cc1. The lowest BCUT2D eigenvalue weighted by Crippen LogP contribution is -2.45. The molecule has 1 aliphatic carbocycles. The summed E-state index contributed by atoms with van der Waals surface area (Å²) in [5.74, 6) is 0.193. The molecule has 0 unspecified atom stereocenters. The first-order valence-electron chi connectivity index (χ1n) is 8.88. The summed E-state index contributed by atoms with van der Waals surface area (Å²) in [6.07, 6.45) is 7.22. The summed E-state index contributed by atoms with van der Waals surface area (Å²) in [6, 6.07) is 14.6. The number of thioether (sulfide) groups is 1. The van der Waals surface area contributed by atoms with Crippen molar-refractivity contribution in [2.24, 2.45) is 0 Å². The summed E-state index contributed by atoms with van der Waals surface area (Å²) in [5.41, 5.74) is 1.56. The maximum Gasteiger partial charge on any atom is 0.265 e. The summed E-state index contributed by atoms with van der Waals surface area (Å²) >= 11 is 7.68. The molecule has 0 atom stereocenters. The lowest BCUT2D eigenvalue weighted by Gasteiger charge is -2.40. The molecule has 3 nitrogen and oxygen atoms in total. The number of benzene rings is 2. The molecular weight excluding hydrogens is 366 g/mol. The van der Waals surface area contributed by atoms with Crippen LogP contribution in [-0.4, -0.2) is 15.9 Å². The number of anilines is 1. The van der Waals surface area contributed by atoms with Gasteiger partial charge in [0.05, 0.1) is 9.78 Å². The molecule has 2 fully saturated rings. The highest BCUT2D eigenvalue weighted by atomic mass is 35.5. The third-order valence-corrected chi connectivity index (χ3v) is 6.80. The van der Waals surface area contributed by atoms with Crippen molar-refractivity contribution >= 4 is 41.0 Å². The van der Waals surface area contributed by atoms with Crippen LogP contribution in [0.25, 0.3) is 6.08 Å². The second kappa shape index (κ2) is 7.01. The number of halogens is 1. The quantitative estimate of drug-likeness (QED) is 0.661. The Labute approximate surface area is 162 Å². The number of hydrogen-bond donors (Lipinski definition) is 1. The fourth-order valence-corrected chi connectivity index (χ4v) is 5.48. The molecule has 2 aromatic carbocycles. The van der Waals surface area contributed by atoms with Gasteiger partial charge in [-0.3, -0.25) is 9.69 Å². The van der Waals surface area contributed by atoms with E-state index < -0.39 is 0 Å². The molecule has 1 saturated heterocycles. The van der Waals surface area contributed by atoms with E-state index >= 15 is 0 Å². The van der Waals surface area contributed by atoms with E-state index in [0.717, 1.165) is 31.4 Å². The summed E-state index contributed by atoms with van der Waals surface area (Å²) < 4.78 is 0. The zero-order valence-corrected chi connectivity index (χ0v) is 15.9. The van der Waals surface area contributed by atoms with Crippen LogP contribution in [0.1, 0.15) is 37.7 Å². The molecule has 2 aromatic rings. The lowest BCUT2D eigenvalue weighted by molar-refractivity contribution is -0.114. The monoisotopic (exact) mass is 385 g/mol. The Morgan fingerprint density at radius 1 is 1.04 bits per heavy atom. The summed E-state index contributed by atoms with van der Waals surface area (Å²) in [6.45, 7) is 0. The lowest BCUT2D eigenvalue weighted by atomic mass is 9.93. The van der Waals surface area contributed by atoms with E-state index in [0.29, 0.717) is 15.5 Å². The number of para-hydroxylation sites is 1. The van der Waals surface area contributed by atoms with Crippen molar-refractivity contribution in [1.82, 2.24) is 0 Å². The molecule has 1 aliphatic heterocycles. The molecule has 2 aliphatic rings. The molecule has 0 aromatic heterocycles. The second-order valence-corrected chi connectivity index (χ2v) is 8.63. The average Bonchev–Trinajstić information content (AvgIpc) is 2.90. The molecule has 1 saturated carbocycles. The number of amides is 1. The van der Waals surface area contributed by atoms with Crippen LogP contribution in [-0.2, 0) is 4.79 Å². The van der Waals surface area contributed by atoms with Crippen molar-refractivity contribution in [1.29, 1.82) is 0 Å². The number of phenols is 1. The molecule has 1 amide bonds. The Bertz CT molecular complexity index is 857. The van der Waals surface area contributed by atoms with Gasteiger partial charge in [-0.25, -0.2) is 0 Å². The van der Waals surface area contributed by atoms with Gasteiger partial charge >= 0.3 is 0 Å². The van der Waals surface area contributed by atoms with Gasteiger partial charge in [0.25, 0.3) is 5.91 Å². The number of hydrogen-bond acceptors (Lipinski definition) is 3. The summed E-state index contributed by atoms with van der Waals surface area (Å²) in [7, 11) is 0. The van der Waals surface area contributed by atoms with Crippen molar-refractivity contribution < 1.29 is 9.90 Å². The predicted molar refractivity (Wildman–Crippen MR) is 108 cm³/mol. The minimum Gasteiger partial charge on any atom is -0.507 e. The standard InChI is InChI=1S/C21H20ClNO2S/c22-16-8-10-17(11-9-16)23-20(25)19(14-15-6-2-3-7-18(15)24)26-21(23)12-4-1-5-13-21/h2-3,6-11,14,24H,1,4-5,12-13H2/b19-14+. The smallest absolute Gasteiger partial charge is 0.265 e. The van der Waals surface area contributed by atoms with Crippen LogP contribution < -0.4 is 4.90 Å². The molecule has 1 spiro atoms. The van der Waals surface area contributed by atoms with Gasteiger partial charge < -0.3 is 5.11 Å². The van der Waals surface area contributed by atoms with Gasteiger partial charge in [-0.15, -0.1) is 0 Å². The number of carbonyl (C=O) groups is 1. The van der Waals surface area contributed by atoms with Crippen molar-refractivity contribution in [2.45, 2.75) is 37.0 Å². The van der Waals surface area contributed by atoms with Crippen molar-refractivity contribution in [3.63, 3.8) is 0 Å². The Hall–Kier alpha value is -1.91. The van der Waals surface area contributed by atoms with Gasteiger partial charge in [-0.05, 0) is 49.2 Å². The minimum atomic E-state index is -0.237. The number of phenolic OH excluding ortho intramolecular Hbond substituents is 1. The molecule has 1 N–H and O–H groups in total. The third kappa shape index (κ3) is 3.12. The van der Waals surface area contributed by atoms with Gasteiger partial charge in [0.15, 0.2) is 0 Å². The fraction of sp³-hybridized carbons (Fsp3) is 0.286. The number of carbonyl (C=O) groups excluding carboxylic acids is 1. The van der Waals surface area contributed by atoms with E-state index in [4.69, 9.17) is 11.6 Å². The number of aromatic hydroxyl groups is 1. The molecule has 0 radical (unpaired) electrons. The van der Waals surface area contributed by atoms with Crippen LogP contribution in [0.15, 0.2) is 53.4 Å². The predicted octanol–water partition coefficient (Wildman–Crippen LogP) is 5.83. The molecular formula is C21H20ClNO2S. The topological polar surface area (TPSA) is 40.5 Å². The van der Waals surface area contributed by atoms with Gasteiger partial charge in [0.2, 0.25) is 0 Å².